The molecule has 2 heterocycles. The highest BCUT2D eigenvalue weighted by molar-refractivity contribution is 6.30. The molecule has 0 unspecified atom stereocenters. The van der Waals surface area contributed by atoms with E-state index in [1.165, 1.54) is 19.3 Å². The van der Waals surface area contributed by atoms with Gasteiger partial charge in [0.25, 0.3) is 0 Å². The smallest absolute Gasteiger partial charge is 0.228 e. The number of nitrogens with zero attached hydrogens (tertiary/aromatic N) is 3. The maximum Gasteiger partial charge on any atom is 0.228 e. The van der Waals surface area contributed by atoms with Gasteiger partial charge in [-0.1, -0.05) is 36.0 Å². The molecule has 1 fully saturated rings. The Morgan fingerprint density at radius 2 is 2.10 bits per heavy atom. The van der Waals surface area contributed by atoms with Gasteiger partial charge in [0.15, 0.2) is 0 Å². The molecule has 0 aromatic carbocycles. The molecule has 6 heteroatoms. The lowest BCUT2D eigenvalue weighted by Crippen LogP contribution is -2.46. The van der Waals surface area contributed by atoms with Gasteiger partial charge in [-0.05, 0) is 32.0 Å². The van der Waals surface area contributed by atoms with Gasteiger partial charge in [0, 0.05) is 18.2 Å². The van der Waals surface area contributed by atoms with Crippen molar-refractivity contribution in [3.05, 3.63) is 29.2 Å². The van der Waals surface area contributed by atoms with E-state index in [2.05, 4.69) is 20.4 Å². The summed E-state index contributed by atoms with van der Waals surface area (Å²) in [5.41, 5.74) is 0.770. The van der Waals surface area contributed by atoms with Gasteiger partial charge >= 0.3 is 0 Å². The summed E-state index contributed by atoms with van der Waals surface area (Å²) < 4.78 is 5.40. The number of pyridine rings is 1. The standard InChI is InChI=1S/C15H19ClN4O/c1-17-15(7-3-2-4-8-15)9-13-19-14(20-21-13)12-6-5-11(16)10-18-12/h5-6,10,17H,2-4,7-9H2,1H3. The lowest BCUT2D eigenvalue weighted by atomic mass is 9.79. The summed E-state index contributed by atoms with van der Waals surface area (Å²) in [6.07, 6.45) is 8.47. The fourth-order valence-electron chi connectivity index (χ4n) is 2.97. The Kier molecular flexibility index (Phi) is 4.22. The first-order chi connectivity index (χ1) is 10.2. The highest BCUT2D eigenvalue weighted by Crippen LogP contribution is 2.31. The van der Waals surface area contributed by atoms with Crippen LogP contribution < -0.4 is 5.32 Å². The number of nitrogens with one attached hydrogen (secondary N) is 1. The predicted molar refractivity (Wildman–Crippen MR) is 81.1 cm³/mol. The van der Waals surface area contributed by atoms with Crippen molar-refractivity contribution in [3.63, 3.8) is 0 Å². The molecule has 0 spiro atoms. The summed E-state index contributed by atoms with van der Waals surface area (Å²) in [5, 5.41) is 8.09. The molecule has 0 atom stereocenters. The molecule has 1 N–H and O–H groups in total. The lowest BCUT2D eigenvalue weighted by molar-refractivity contribution is 0.221. The number of hydrogen-bond acceptors (Lipinski definition) is 5. The molecule has 1 saturated carbocycles. The Labute approximate surface area is 129 Å². The van der Waals surface area contributed by atoms with Crippen molar-refractivity contribution in [2.75, 3.05) is 7.05 Å². The van der Waals surface area contributed by atoms with Crippen LogP contribution in [-0.2, 0) is 6.42 Å². The van der Waals surface area contributed by atoms with E-state index in [1.807, 2.05) is 7.05 Å². The van der Waals surface area contributed by atoms with Crippen LogP contribution in [-0.4, -0.2) is 27.7 Å². The first kappa shape index (κ1) is 14.5. The normalized spacial score (nSPS) is 17.8. The fraction of sp³-hybridized carbons (Fsp3) is 0.533. The van der Waals surface area contributed by atoms with Crippen molar-refractivity contribution in [1.29, 1.82) is 0 Å². The van der Waals surface area contributed by atoms with Gasteiger partial charge in [-0.15, -0.1) is 0 Å². The Balaban J connectivity index is 1.76. The number of likely N-dealkylation sites (N-methyl/N-ethyl adjacent to an activating group) is 1. The quantitative estimate of drug-likeness (QED) is 0.939. The van der Waals surface area contributed by atoms with Crippen LogP contribution in [0.5, 0.6) is 0 Å². The minimum Gasteiger partial charge on any atom is -0.339 e. The third kappa shape index (κ3) is 3.24. The molecule has 3 rings (SSSR count). The molecule has 0 bridgehead atoms. The summed E-state index contributed by atoms with van der Waals surface area (Å²) in [5.74, 6) is 1.18. The van der Waals surface area contributed by atoms with Gasteiger partial charge < -0.3 is 9.84 Å². The molecule has 2 aromatic heterocycles. The highest BCUT2D eigenvalue weighted by Gasteiger charge is 2.32. The van der Waals surface area contributed by atoms with Crippen LogP contribution in [0.4, 0.5) is 0 Å². The number of aromatic nitrogens is 3. The summed E-state index contributed by atoms with van der Waals surface area (Å²) in [6, 6.07) is 3.57. The van der Waals surface area contributed by atoms with Crippen molar-refractivity contribution in [3.8, 4) is 11.5 Å². The molecule has 0 amide bonds. The second kappa shape index (κ2) is 6.12. The maximum atomic E-state index is 5.84. The van der Waals surface area contributed by atoms with Gasteiger partial charge in [0.2, 0.25) is 11.7 Å². The van der Waals surface area contributed by atoms with Gasteiger partial charge in [-0.3, -0.25) is 4.98 Å². The first-order valence-corrected chi connectivity index (χ1v) is 7.72. The van der Waals surface area contributed by atoms with E-state index >= 15 is 0 Å². The Morgan fingerprint density at radius 3 is 2.76 bits per heavy atom. The van der Waals surface area contributed by atoms with E-state index in [9.17, 15) is 0 Å². The molecule has 2 aromatic rings. The molecule has 0 radical (unpaired) electrons. The zero-order valence-electron chi connectivity index (χ0n) is 12.1. The van der Waals surface area contributed by atoms with E-state index < -0.39 is 0 Å². The minimum atomic E-state index is 0.0927. The van der Waals surface area contributed by atoms with Crippen molar-refractivity contribution >= 4 is 11.6 Å². The van der Waals surface area contributed by atoms with Crippen molar-refractivity contribution < 1.29 is 4.52 Å². The zero-order chi connectivity index (χ0) is 14.7. The van der Waals surface area contributed by atoms with Gasteiger partial charge in [0.05, 0.1) is 5.02 Å². The molecule has 21 heavy (non-hydrogen) atoms. The largest absolute Gasteiger partial charge is 0.339 e. The molecule has 1 aliphatic rings. The molecule has 0 aliphatic heterocycles. The van der Waals surface area contributed by atoms with E-state index in [4.69, 9.17) is 16.1 Å². The number of hydrogen-bond donors (Lipinski definition) is 1. The van der Waals surface area contributed by atoms with Gasteiger partial charge in [-0.2, -0.15) is 4.98 Å². The third-order valence-electron chi connectivity index (χ3n) is 4.26. The van der Waals surface area contributed by atoms with Crippen LogP contribution in [0.25, 0.3) is 11.5 Å². The van der Waals surface area contributed by atoms with Crippen molar-refractivity contribution in [1.82, 2.24) is 20.4 Å². The van der Waals surface area contributed by atoms with Crippen molar-refractivity contribution in [2.45, 2.75) is 44.1 Å². The molecule has 0 saturated heterocycles. The van der Waals surface area contributed by atoms with Crippen LogP contribution in [0.1, 0.15) is 38.0 Å². The number of halogens is 1. The third-order valence-corrected chi connectivity index (χ3v) is 4.48. The molecule has 5 nitrogen and oxygen atoms in total. The number of rotatable bonds is 4. The van der Waals surface area contributed by atoms with E-state index in [0.717, 1.165) is 19.3 Å². The summed E-state index contributed by atoms with van der Waals surface area (Å²) in [7, 11) is 2.02. The van der Waals surface area contributed by atoms with Gasteiger partial charge in [-0.25, -0.2) is 0 Å². The Morgan fingerprint density at radius 1 is 1.29 bits per heavy atom. The van der Waals surface area contributed by atoms with Crippen molar-refractivity contribution in [2.24, 2.45) is 0 Å². The van der Waals surface area contributed by atoms with E-state index in [0.29, 0.717) is 22.4 Å². The van der Waals surface area contributed by atoms with Crippen LogP contribution >= 0.6 is 11.6 Å². The lowest BCUT2D eigenvalue weighted by Gasteiger charge is -2.36. The molecule has 112 valence electrons. The maximum absolute atomic E-state index is 5.84. The topological polar surface area (TPSA) is 63.8 Å². The first-order valence-electron chi connectivity index (χ1n) is 7.34. The van der Waals surface area contributed by atoms with Crippen LogP contribution in [0.15, 0.2) is 22.9 Å². The highest BCUT2D eigenvalue weighted by atomic mass is 35.5. The predicted octanol–water partition coefficient (Wildman–Crippen LogP) is 3.25. The summed E-state index contributed by atoms with van der Waals surface area (Å²) in [4.78, 5) is 8.69. The Bertz CT molecular complexity index is 590. The fourth-order valence-corrected chi connectivity index (χ4v) is 3.08. The average molecular weight is 307 g/mol. The monoisotopic (exact) mass is 306 g/mol. The van der Waals surface area contributed by atoms with Crippen LogP contribution in [0.2, 0.25) is 5.02 Å². The van der Waals surface area contributed by atoms with E-state index in [1.54, 1.807) is 18.3 Å². The van der Waals surface area contributed by atoms with Crippen LogP contribution in [0, 0.1) is 0 Å². The Hall–Kier alpha value is -1.46. The van der Waals surface area contributed by atoms with E-state index in [-0.39, 0.29) is 5.54 Å². The molecule has 1 aliphatic carbocycles. The molecular weight excluding hydrogens is 288 g/mol. The average Bonchev–Trinajstić information content (AvgIpc) is 2.97. The SMILES string of the molecule is CNC1(Cc2nc(-c3ccc(Cl)cn3)no2)CCCCC1. The second-order valence-electron chi connectivity index (χ2n) is 5.64. The van der Waals surface area contributed by atoms with Gasteiger partial charge in [0.1, 0.15) is 5.69 Å². The zero-order valence-corrected chi connectivity index (χ0v) is 12.9. The second-order valence-corrected chi connectivity index (χ2v) is 6.08. The summed E-state index contributed by atoms with van der Waals surface area (Å²) >= 11 is 5.84. The molecular formula is C15H19ClN4O. The minimum absolute atomic E-state index is 0.0927. The van der Waals surface area contributed by atoms with Crippen LogP contribution in [0.3, 0.4) is 0 Å². The summed E-state index contributed by atoms with van der Waals surface area (Å²) in [6.45, 7) is 0.